The standard InChI is InChI=1S/C23H30F3N5O2/c1-12(2)31-19(21-16-7-15(8-17(16)21)30-4-5-32-11-13(30)3)9-18(29-31)14-6-20(22(27)28-10-14)33-23(24,25)26/h6,9-10,12-13,15-17,21H,4-5,7-8,11H2,1-3H3,(H2,27,28)/t13-,15?,16-,17+,21?/m0/s1. The number of anilines is 1. The molecule has 0 bridgehead atoms. The van der Waals surface area contributed by atoms with Gasteiger partial charge in [0.15, 0.2) is 11.6 Å². The first kappa shape index (κ1) is 22.5. The van der Waals surface area contributed by atoms with Crippen molar-refractivity contribution in [1.82, 2.24) is 19.7 Å². The maximum atomic E-state index is 12.7. The number of morpholine rings is 1. The average molecular weight is 466 g/mol. The molecule has 0 radical (unpaired) electrons. The van der Waals surface area contributed by atoms with Crippen LogP contribution in [0, 0.1) is 11.8 Å². The van der Waals surface area contributed by atoms with Gasteiger partial charge in [0, 0.05) is 48.0 Å². The van der Waals surface area contributed by atoms with Crippen molar-refractivity contribution in [3.8, 4) is 17.0 Å². The first-order chi connectivity index (χ1) is 15.6. The number of fused-ring (bicyclic) bond motifs is 1. The van der Waals surface area contributed by atoms with Gasteiger partial charge >= 0.3 is 6.36 Å². The minimum Gasteiger partial charge on any atom is -0.402 e. The van der Waals surface area contributed by atoms with Gasteiger partial charge in [-0.1, -0.05) is 0 Å². The van der Waals surface area contributed by atoms with Crippen LogP contribution < -0.4 is 10.5 Å². The van der Waals surface area contributed by atoms with Crippen LogP contribution in [0.4, 0.5) is 19.0 Å². The molecule has 1 aliphatic heterocycles. The maximum absolute atomic E-state index is 12.7. The molecule has 2 aromatic rings. The number of nitrogen functional groups attached to an aromatic ring is 1. The Kier molecular flexibility index (Phi) is 5.55. The third kappa shape index (κ3) is 4.30. The van der Waals surface area contributed by atoms with E-state index < -0.39 is 12.1 Å². The minimum absolute atomic E-state index is 0.137. The summed E-state index contributed by atoms with van der Waals surface area (Å²) in [4.78, 5) is 6.50. The Labute approximate surface area is 191 Å². The Balaban J connectivity index is 1.36. The van der Waals surface area contributed by atoms with Gasteiger partial charge < -0.3 is 15.2 Å². The van der Waals surface area contributed by atoms with Gasteiger partial charge in [0.05, 0.1) is 18.9 Å². The van der Waals surface area contributed by atoms with E-state index in [0.717, 1.165) is 25.5 Å². The Morgan fingerprint density at radius 1 is 1.21 bits per heavy atom. The summed E-state index contributed by atoms with van der Waals surface area (Å²) in [5, 5.41) is 4.73. The van der Waals surface area contributed by atoms with E-state index in [1.807, 2.05) is 10.7 Å². The Hall–Kier alpha value is -2.33. The van der Waals surface area contributed by atoms with Crippen LogP contribution in [0.15, 0.2) is 18.3 Å². The highest BCUT2D eigenvalue weighted by Crippen LogP contribution is 2.64. The fourth-order valence-electron chi connectivity index (χ4n) is 5.82. The lowest BCUT2D eigenvalue weighted by atomic mass is 10.0. The van der Waals surface area contributed by atoms with Crippen molar-refractivity contribution >= 4 is 5.82 Å². The predicted octanol–water partition coefficient (Wildman–Crippen LogP) is 4.22. The number of nitrogens with zero attached hydrogens (tertiary/aromatic N) is 4. The molecule has 0 spiro atoms. The highest BCUT2D eigenvalue weighted by molar-refractivity contribution is 5.64. The van der Waals surface area contributed by atoms with Gasteiger partial charge in [-0.05, 0) is 57.6 Å². The Bertz CT molecular complexity index is 1010. The van der Waals surface area contributed by atoms with Gasteiger partial charge in [0.1, 0.15) is 0 Å². The van der Waals surface area contributed by atoms with Gasteiger partial charge in [-0.2, -0.15) is 5.10 Å². The molecule has 2 aromatic heterocycles. The number of ether oxygens (including phenoxy) is 2. The van der Waals surface area contributed by atoms with Crippen molar-refractivity contribution in [1.29, 1.82) is 0 Å². The third-order valence-electron chi connectivity index (χ3n) is 7.31. The van der Waals surface area contributed by atoms with Crippen molar-refractivity contribution < 1.29 is 22.6 Å². The average Bonchev–Trinajstić information content (AvgIpc) is 3.09. The van der Waals surface area contributed by atoms with Crippen molar-refractivity contribution in [3.63, 3.8) is 0 Å². The van der Waals surface area contributed by atoms with Gasteiger partial charge in [-0.3, -0.25) is 9.58 Å². The first-order valence-electron chi connectivity index (χ1n) is 11.6. The molecule has 2 saturated carbocycles. The number of hydrogen-bond acceptors (Lipinski definition) is 6. The van der Waals surface area contributed by atoms with E-state index in [-0.39, 0.29) is 11.9 Å². The van der Waals surface area contributed by atoms with E-state index in [9.17, 15) is 13.2 Å². The molecule has 7 nitrogen and oxygen atoms in total. The Morgan fingerprint density at radius 3 is 2.58 bits per heavy atom. The fraction of sp³-hybridized carbons (Fsp3) is 0.652. The lowest BCUT2D eigenvalue weighted by Gasteiger charge is -2.38. The van der Waals surface area contributed by atoms with Crippen LogP contribution in [0.5, 0.6) is 5.75 Å². The number of halogens is 3. The van der Waals surface area contributed by atoms with Crippen LogP contribution in [0.1, 0.15) is 51.3 Å². The van der Waals surface area contributed by atoms with Crippen LogP contribution in [0.25, 0.3) is 11.3 Å². The van der Waals surface area contributed by atoms with Crippen LogP contribution >= 0.6 is 0 Å². The quantitative estimate of drug-likeness (QED) is 0.713. The Morgan fingerprint density at radius 2 is 1.94 bits per heavy atom. The molecule has 2 N–H and O–H groups in total. The van der Waals surface area contributed by atoms with Crippen LogP contribution in [-0.2, 0) is 4.74 Å². The summed E-state index contributed by atoms with van der Waals surface area (Å²) in [5.41, 5.74) is 7.78. The minimum atomic E-state index is -4.84. The SMILES string of the molecule is CC(C)n1nc(-c2cnc(N)c(OC(F)(F)F)c2)cc1C1[C@H]2CC(N3CCOC[C@@H]3C)C[C@@H]12. The van der Waals surface area contributed by atoms with Gasteiger partial charge in [0.25, 0.3) is 0 Å². The summed E-state index contributed by atoms with van der Waals surface area (Å²) >= 11 is 0. The van der Waals surface area contributed by atoms with E-state index >= 15 is 0 Å². The smallest absolute Gasteiger partial charge is 0.402 e. The molecule has 5 atom stereocenters. The third-order valence-corrected chi connectivity index (χ3v) is 7.31. The molecule has 0 aromatic carbocycles. The molecule has 3 heterocycles. The van der Waals surface area contributed by atoms with Gasteiger partial charge in [-0.15, -0.1) is 13.2 Å². The number of alkyl halides is 3. The topological polar surface area (TPSA) is 78.4 Å². The molecule has 33 heavy (non-hydrogen) atoms. The van der Waals surface area contributed by atoms with E-state index in [1.165, 1.54) is 25.1 Å². The van der Waals surface area contributed by atoms with E-state index in [2.05, 4.69) is 35.4 Å². The molecule has 180 valence electrons. The highest BCUT2D eigenvalue weighted by atomic mass is 19.4. The van der Waals surface area contributed by atoms with Crippen molar-refractivity contribution in [2.45, 2.75) is 64.0 Å². The number of aromatic nitrogens is 3. The molecule has 1 saturated heterocycles. The molecule has 3 aliphatic rings. The lowest BCUT2D eigenvalue weighted by Crippen LogP contribution is -2.49. The molecular formula is C23H30F3N5O2. The van der Waals surface area contributed by atoms with E-state index in [1.54, 1.807) is 0 Å². The zero-order chi connectivity index (χ0) is 23.5. The second-order valence-corrected chi connectivity index (χ2v) is 9.79. The summed E-state index contributed by atoms with van der Waals surface area (Å²) in [7, 11) is 0. The summed E-state index contributed by atoms with van der Waals surface area (Å²) in [6.45, 7) is 8.97. The molecule has 0 amide bonds. The molecule has 3 fully saturated rings. The molecule has 2 aliphatic carbocycles. The molecule has 10 heteroatoms. The van der Waals surface area contributed by atoms with Gasteiger partial charge in [0.2, 0.25) is 0 Å². The highest BCUT2D eigenvalue weighted by Gasteiger charge is 2.59. The maximum Gasteiger partial charge on any atom is 0.573 e. The second kappa shape index (κ2) is 8.16. The van der Waals surface area contributed by atoms with Crippen LogP contribution in [-0.4, -0.2) is 57.9 Å². The van der Waals surface area contributed by atoms with E-state index in [4.69, 9.17) is 15.6 Å². The largest absolute Gasteiger partial charge is 0.573 e. The lowest BCUT2D eigenvalue weighted by molar-refractivity contribution is -0.274. The predicted molar refractivity (Wildman–Crippen MR) is 117 cm³/mol. The molecule has 2 unspecified atom stereocenters. The first-order valence-corrected chi connectivity index (χ1v) is 11.6. The van der Waals surface area contributed by atoms with Crippen LogP contribution in [0.2, 0.25) is 0 Å². The number of hydrogen-bond donors (Lipinski definition) is 1. The van der Waals surface area contributed by atoms with Crippen molar-refractivity contribution in [3.05, 3.63) is 24.0 Å². The fourth-order valence-corrected chi connectivity index (χ4v) is 5.82. The number of pyridine rings is 1. The van der Waals surface area contributed by atoms with Crippen molar-refractivity contribution in [2.75, 3.05) is 25.5 Å². The number of nitrogens with two attached hydrogens (primary N) is 1. The summed E-state index contributed by atoms with van der Waals surface area (Å²) in [5.74, 6) is 0.876. The zero-order valence-corrected chi connectivity index (χ0v) is 19.0. The summed E-state index contributed by atoms with van der Waals surface area (Å²) in [6, 6.07) is 4.46. The molecule has 5 rings (SSSR count). The second-order valence-electron chi connectivity index (χ2n) is 9.79. The van der Waals surface area contributed by atoms with Crippen LogP contribution in [0.3, 0.4) is 0 Å². The zero-order valence-electron chi connectivity index (χ0n) is 19.0. The van der Waals surface area contributed by atoms with E-state index in [0.29, 0.717) is 41.1 Å². The summed E-state index contributed by atoms with van der Waals surface area (Å²) < 4.78 is 49.8. The normalized spacial score (nSPS) is 30.0. The summed E-state index contributed by atoms with van der Waals surface area (Å²) in [6.07, 6.45) is -1.05. The molecular weight excluding hydrogens is 435 g/mol. The van der Waals surface area contributed by atoms with Gasteiger partial charge in [-0.25, -0.2) is 4.98 Å². The number of rotatable bonds is 5. The monoisotopic (exact) mass is 465 g/mol. The van der Waals surface area contributed by atoms with Crippen molar-refractivity contribution in [2.24, 2.45) is 11.8 Å².